The molecule has 5 atom stereocenters. The number of aliphatic hydroxyl groups excluding tert-OH is 1. The summed E-state index contributed by atoms with van der Waals surface area (Å²) in [7, 11) is 0. The number of pyridine rings is 1. The fourth-order valence-corrected chi connectivity index (χ4v) is 8.34. The number of carboxylic acids is 2. The molecule has 2 aromatic rings. The summed E-state index contributed by atoms with van der Waals surface area (Å²) < 4.78 is 22.0. The fraction of sp³-hybridized carbons (Fsp3) is 0.516. The summed E-state index contributed by atoms with van der Waals surface area (Å²) in [5.41, 5.74) is 5.10. The number of amides is 1. The molecule has 1 saturated carbocycles. The molecule has 1 aromatic heterocycles. The highest BCUT2D eigenvalue weighted by molar-refractivity contribution is 8.03. The van der Waals surface area contributed by atoms with Gasteiger partial charge in [-0.15, -0.1) is 11.8 Å². The molecular weight excluding hydrogens is 621 g/mol. The number of aliphatic hydroxyl groups is 1. The second-order valence-corrected chi connectivity index (χ2v) is 14.1. The summed E-state index contributed by atoms with van der Waals surface area (Å²) in [5, 5.41) is 36.4. The number of rotatable bonds is 6. The number of thioether (sulfide) groups is 1. The first-order chi connectivity index (χ1) is 21.6. The van der Waals surface area contributed by atoms with Crippen LogP contribution in [-0.4, -0.2) is 90.5 Å². The number of carbonyl (C=O) groups is 3. The summed E-state index contributed by atoms with van der Waals surface area (Å²) in [6.07, 6.45) is 3.26. The number of hydrogen-bond acceptors (Lipinski definition) is 9. The van der Waals surface area contributed by atoms with E-state index in [0.29, 0.717) is 30.6 Å². The molecule has 13 nitrogen and oxygen atoms in total. The lowest BCUT2D eigenvalue weighted by Gasteiger charge is -2.44. The van der Waals surface area contributed by atoms with E-state index in [9.17, 15) is 38.9 Å². The number of carboxylic acid groups (broad SMARTS) is 2. The summed E-state index contributed by atoms with van der Waals surface area (Å²) in [4.78, 5) is 51.5. The van der Waals surface area contributed by atoms with E-state index in [-0.39, 0.29) is 57.8 Å². The van der Waals surface area contributed by atoms with E-state index in [1.165, 1.54) is 22.9 Å². The van der Waals surface area contributed by atoms with E-state index in [2.05, 4.69) is 0 Å². The van der Waals surface area contributed by atoms with Gasteiger partial charge in [0.05, 0.1) is 46.4 Å². The Labute approximate surface area is 267 Å². The molecule has 7 rings (SSSR count). The minimum Gasteiger partial charge on any atom is -0.489 e. The van der Waals surface area contributed by atoms with Crippen molar-refractivity contribution in [2.24, 2.45) is 11.7 Å². The molecule has 5 heterocycles. The minimum absolute atomic E-state index is 0.0111. The lowest BCUT2D eigenvalue weighted by Crippen LogP contribution is -2.61. The van der Waals surface area contributed by atoms with E-state index in [0.717, 1.165) is 30.5 Å². The van der Waals surface area contributed by atoms with Crippen molar-refractivity contribution >= 4 is 46.3 Å². The molecular formula is C31H36FN5O8S. The van der Waals surface area contributed by atoms with E-state index in [4.69, 9.17) is 15.9 Å². The first-order valence-corrected chi connectivity index (χ1v) is 16.0. The molecule has 4 aliphatic heterocycles. The normalized spacial score (nSPS) is 26.2. The molecule has 15 heteroatoms. The van der Waals surface area contributed by atoms with E-state index < -0.39 is 40.7 Å². The molecule has 3 fully saturated rings. The number of β-lactam (4-membered cyclic amide) rings is 1. The number of nitrogens with two attached hydrogens (primary N) is 1. The fourth-order valence-electron chi connectivity index (χ4n) is 6.89. The van der Waals surface area contributed by atoms with Crippen molar-refractivity contribution in [2.45, 2.75) is 75.4 Å². The van der Waals surface area contributed by atoms with E-state index in [1.54, 1.807) is 18.4 Å². The van der Waals surface area contributed by atoms with Crippen LogP contribution in [0.2, 0.25) is 0 Å². The molecule has 1 amide bonds. The van der Waals surface area contributed by atoms with Crippen LogP contribution >= 0.6 is 11.8 Å². The van der Waals surface area contributed by atoms with Crippen LogP contribution < -0.4 is 15.9 Å². The van der Waals surface area contributed by atoms with E-state index in [1.807, 2.05) is 11.8 Å². The summed E-state index contributed by atoms with van der Waals surface area (Å²) >= 11 is 1.52. The highest BCUT2D eigenvalue weighted by Gasteiger charge is 2.57. The Kier molecular flexibility index (Phi) is 7.92. The van der Waals surface area contributed by atoms with Gasteiger partial charge in [-0.2, -0.15) is 0 Å². The van der Waals surface area contributed by atoms with Gasteiger partial charge in [0.2, 0.25) is 11.3 Å². The van der Waals surface area contributed by atoms with Crippen LogP contribution in [0.25, 0.3) is 10.9 Å². The lowest BCUT2D eigenvalue weighted by molar-refractivity contribution is -0.161. The largest absolute Gasteiger partial charge is 0.489 e. The summed E-state index contributed by atoms with van der Waals surface area (Å²) in [6, 6.07) is 0.696. The number of hydrogen-bond donors (Lipinski definition) is 5. The molecule has 0 radical (unpaired) electrons. The summed E-state index contributed by atoms with van der Waals surface area (Å²) in [6.45, 7) is 6.98. The van der Waals surface area contributed by atoms with Crippen molar-refractivity contribution in [1.29, 1.82) is 5.41 Å². The van der Waals surface area contributed by atoms with Crippen LogP contribution in [-0.2, 0) is 15.1 Å². The van der Waals surface area contributed by atoms with Crippen molar-refractivity contribution in [3.63, 3.8) is 0 Å². The SMILES string of the molecule is CC(=N)N1CC[C@H](SC2=C(C(=O)O)N3C(=O)[C@H]([C@@H](C)O)[C@H]3C2)C1.C[C@H]1COc2c(C3(N)CC3)c(F)cc3c(=O)c(C(=O)O)cn1c23. The molecule has 0 bridgehead atoms. The van der Waals surface area contributed by atoms with Gasteiger partial charge in [0.1, 0.15) is 23.7 Å². The highest BCUT2D eigenvalue weighted by atomic mass is 32.2. The second-order valence-electron chi connectivity index (χ2n) is 12.7. The second kappa shape index (κ2) is 11.4. The Morgan fingerprint density at radius 2 is 1.93 bits per heavy atom. The first-order valence-electron chi connectivity index (χ1n) is 15.2. The third kappa shape index (κ3) is 5.14. The number of halogens is 1. The molecule has 1 aliphatic carbocycles. The number of fused-ring (bicyclic) bond motifs is 1. The number of likely N-dealkylation sites (tertiary alicyclic amines) is 1. The number of nitrogens with zero attached hydrogens (tertiary/aromatic N) is 3. The van der Waals surface area contributed by atoms with Crippen molar-refractivity contribution in [3.8, 4) is 5.75 Å². The zero-order valence-corrected chi connectivity index (χ0v) is 26.4. The van der Waals surface area contributed by atoms with Crippen molar-refractivity contribution < 1.29 is 38.8 Å². The van der Waals surface area contributed by atoms with Gasteiger partial charge in [0.25, 0.3) is 0 Å². The maximum atomic E-state index is 14.6. The molecule has 0 spiro atoms. The number of aromatic carboxylic acids is 1. The molecule has 0 unspecified atom stereocenters. The Bertz CT molecular complexity index is 1790. The summed E-state index contributed by atoms with van der Waals surface area (Å²) in [5.74, 6) is -3.01. The Morgan fingerprint density at radius 1 is 1.24 bits per heavy atom. The number of amidine groups is 1. The average molecular weight is 658 g/mol. The van der Waals surface area contributed by atoms with Gasteiger partial charge in [-0.1, -0.05) is 0 Å². The number of aliphatic carboxylic acids is 1. The van der Waals surface area contributed by atoms with Gasteiger partial charge in [0, 0.05) is 41.4 Å². The molecule has 1 aromatic carbocycles. The van der Waals surface area contributed by atoms with Crippen molar-refractivity contribution in [2.75, 3.05) is 19.7 Å². The van der Waals surface area contributed by atoms with Crippen LogP contribution in [0.3, 0.4) is 0 Å². The molecule has 6 N–H and O–H groups in total. The molecule has 2 saturated heterocycles. The topological polar surface area (TPSA) is 199 Å². The Hall–Kier alpha value is -3.95. The zero-order valence-electron chi connectivity index (χ0n) is 25.6. The third-order valence-corrected chi connectivity index (χ3v) is 10.9. The Balaban J connectivity index is 0.000000162. The van der Waals surface area contributed by atoms with Crippen LogP contribution in [0.1, 0.15) is 68.4 Å². The number of ether oxygens (including phenoxy) is 1. The maximum absolute atomic E-state index is 14.6. The number of benzene rings is 1. The molecule has 5 aliphatic rings. The third-order valence-electron chi connectivity index (χ3n) is 9.50. The molecule has 246 valence electrons. The smallest absolute Gasteiger partial charge is 0.353 e. The highest BCUT2D eigenvalue weighted by Crippen LogP contribution is 2.51. The number of carbonyl (C=O) groups excluding carboxylic acids is 1. The predicted molar refractivity (Wildman–Crippen MR) is 166 cm³/mol. The van der Waals surface area contributed by atoms with Gasteiger partial charge in [-0.25, -0.2) is 14.0 Å². The lowest BCUT2D eigenvalue weighted by atomic mass is 9.83. The Morgan fingerprint density at radius 3 is 2.50 bits per heavy atom. The average Bonchev–Trinajstić information content (AvgIpc) is 3.39. The van der Waals surface area contributed by atoms with Crippen LogP contribution in [0.15, 0.2) is 27.7 Å². The quantitative estimate of drug-likeness (QED) is 0.174. The van der Waals surface area contributed by atoms with Crippen molar-refractivity contribution in [3.05, 3.63) is 50.0 Å². The minimum atomic E-state index is -1.33. The van der Waals surface area contributed by atoms with Gasteiger partial charge < -0.3 is 40.2 Å². The van der Waals surface area contributed by atoms with Crippen LogP contribution in [0.4, 0.5) is 4.39 Å². The van der Waals surface area contributed by atoms with E-state index >= 15 is 0 Å². The predicted octanol–water partition coefficient (Wildman–Crippen LogP) is 2.44. The number of aromatic nitrogens is 1. The van der Waals surface area contributed by atoms with Gasteiger partial charge >= 0.3 is 11.9 Å². The monoisotopic (exact) mass is 657 g/mol. The van der Waals surface area contributed by atoms with Crippen LogP contribution in [0.5, 0.6) is 5.75 Å². The van der Waals surface area contributed by atoms with Crippen LogP contribution in [0, 0.1) is 17.1 Å². The first kappa shape index (κ1) is 32.0. The number of nitrogens with one attached hydrogen (secondary N) is 1. The van der Waals surface area contributed by atoms with Gasteiger partial charge in [0.15, 0.2) is 5.75 Å². The standard InChI is InChI=1S/C16H15FN2O4.C15H21N3O4S/c1-7-6-23-14-11(16(18)2-3-16)10(17)4-8-12(14)19(7)5-9(13(8)20)15(21)22;1-7(19)12-10-5-11(13(15(21)22)18(10)14(12)20)23-9-3-4-17(6-9)8(2)16/h4-5,7H,2-3,6,18H2,1H3,(H,21,22);7,9-10,12,16,19H,3-6H2,1-2H3,(H,21,22)/t7-;7-,9+,10-,12-/m01/s1. The molecule has 46 heavy (non-hydrogen) atoms. The van der Waals surface area contributed by atoms with Gasteiger partial charge in [-0.05, 0) is 46.1 Å². The maximum Gasteiger partial charge on any atom is 0.353 e. The zero-order chi connectivity index (χ0) is 33.4. The van der Waals surface area contributed by atoms with Gasteiger partial charge in [-0.3, -0.25) is 15.0 Å². The van der Waals surface area contributed by atoms with Crippen molar-refractivity contribution in [1.82, 2.24) is 14.4 Å².